The number of rotatable bonds is 6. The molecule has 2 aliphatic rings. The molecule has 32 heavy (non-hydrogen) atoms. The summed E-state index contributed by atoms with van der Waals surface area (Å²) in [5, 5.41) is 6.21. The number of dihydropyridines is 1. The van der Waals surface area contributed by atoms with E-state index >= 15 is 0 Å². The van der Waals surface area contributed by atoms with Gasteiger partial charge in [-0.05, 0) is 42.2 Å². The van der Waals surface area contributed by atoms with Crippen LogP contribution in [-0.2, 0) is 11.3 Å². The van der Waals surface area contributed by atoms with E-state index in [0.717, 1.165) is 29.3 Å². The zero-order valence-corrected chi connectivity index (χ0v) is 19.9. The van der Waals surface area contributed by atoms with Crippen LogP contribution in [0.3, 0.4) is 0 Å². The number of hydrogen-bond acceptors (Lipinski definition) is 6. The Morgan fingerprint density at radius 2 is 2.00 bits per heavy atom. The molecule has 0 saturated carbocycles. The number of carbonyl (C=O) groups excluding carboxylic acids is 1. The first kappa shape index (κ1) is 23.6. The second-order valence-corrected chi connectivity index (χ2v) is 7.86. The van der Waals surface area contributed by atoms with Gasteiger partial charge < -0.3 is 25.0 Å². The van der Waals surface area contributed by atoms with E-state index in [-0.39, 0.29) is 5.91 Å². The molecule has 0 radical (unpaired) electrons. The van der Waals surface area contributed by atoms with Crippen LogP contribution in [0.25, 0.3) is 0 Å². The third-order valence-electron chi connectivity index (χ3n) is 5.11. The standard InChI is InChI=1S/C23H25N3O3S.C2H6/c1-28-19-12-18(14-24-15-19)26-9-10-29-22-11-17(5-8-21(22)26)23(27)25-13-16-3-6-20(30-2)7-4-16;1-2/h3-8,11-12,14,24H,9-10,13,15H2,1-2H3,(H,25,27);1-2H3. The number of benzene rings is 2. The van der Waals surface area contributed by atoms with Crippen molar-refractivity contribution < 1.29 is 14.3 Å². The Labute approximate surface area is 194 Å². The van der Waals surface area contributed by atoms with E-state index in [1.165, 1.54) is 4.90 Å². The highest BCUT2D eigenvalue weighted by molar-refractivity contribution is 7.98. The Hall–Kier alpha value is -3.06. The van der Waals surface area contributed by atoms with Crippen molar-refractivity contribution in [2.24, 2.45) is 0 Å². The van der Waals surface area contributed by atoms with Crippen molar-refractivity contribution in [2.45, 2.75) is 25.3 Å². The molecule has 0 unspecified atom stereocenters. The fourth-order valence-electron chi connectivity index (χ4n) is 3.46. The molecule has 2 heterocycles. The molecule has 7 heteroatoms. The number of carbonyl (C=O) groups is 1. The molecule has 0 bridgehead atoms. The lowest BCUT2D eigenvalue weighted by molar-refractivity contribution is 0.0950. The van der Waals surface area contributed by atoms with Gasteiger partial charge in [-0.25, -0.2) is 0 Å². The average Bonchev–Trinajstić information content (AvgIpc) is 2.88. The molecule has 0 aliphatic carbocycles. The molecule has 2 aliphatic heterocycles. The van der Waals surface area contributed by atoms with Crippen molar-refractivity contribution in [3.63, 3.8) is 0 Å². The summed E-state index contributed by atoms with van der Waals surface area (Å²) in [7, 11) is 1.67. The maximum absolute atomic E-state index is 12.7. The van der Waals surface area contributed by atoms with Gasteiger partial charge in [-0.3, -0.25) is 4.79 Å². The highest BCUT2D eigenvalue weighted by atomic mass is 32.2. The predicted molar refractivity (Wildman–Crippen MR) is 131 cm³/mol. The largest absolute Gasteiger partial charge is 0.499 e. The van der Waals surface area contributed by atoms with E-state index in [1.54, 1.807) is 18.9 Å². The van der Waals surface area contributed by atoms with E-state index in [2.05, 4.69) is 27.7 Å². The van der Waals surface area contributed by atoms with Crippen LogP contribution in [-0.4, -0.2) is 39.0 Å². The van der Waals surface area contributed by atoms with Gasteiger partial charge in [0.05, 0.1) is 31.6 Å². The van der Waals surface area contributed by atoms with Gasteiger partial charge >= 0.3 is 0 Å². The summed E-state index contributed by atoms with van der Waals surface area (Å²) in [5.41, 5.74) is 3.60. The molecular formula is C25H31N3O3S. The Bertz CT molecular complexity index is 986. The fraction of sp³-hybridized carbons (Fsp3) is 0.320. The lowest BCUT2D eigenvalue weighted by atomic mass is 10.1. The molecule has 0 spiro atoms. The van der Waals surface area contributed by atoms with Crippen LogP contribution in [0.4, 0.5) is 5.69 Å². The number of ether oxygens (including phenoxy) is 2. The minimum atomic E-state index is -0.118. The van der Waals surface area contributed by atoms with Gasteiger partial charge in [0.15, 0.2) is 0 Å². The van der Waals surface area contributed by atoms with Crippen molar-refractivity contribution in [3.8, 4) is 5.75 Å². The lowest BCUT2D eigenvalue weighted by Gasteiger charge is -2.33. The van der Waals surface area contributed by atoms with Gasteiger partial charge in [-0.2, -0.15) is 0 Å². The van der Waals surface area contributed by atoms with Crippen molar-refractivity contribution in [1.82, 2.24) is 10.6 Å². The number of fused-ring (bicyclic) bond motifs is 1. The number of nitrogens with one attached hydrogen (secondary N) is 2. The van der Waals surface area contributed by atoms with Crippen molar-refractivity contribution >= 4 is 23.4 Å². The second-order valence-electron chi connectivity index (χ2n) is 6.98. The number of thioether (sulfide) groups is 1. The summed E-state index contributed by atoms with van der Waals surface area (Å²) in [6.45, 7) is 6.44. The van der Waals surface area contributed by atoms with Crippen LogP contribution >= 0.6 is 11.8 Å². The molecule has 2 aromatic rings. The van der Waals surface area contributed by atoms with Gasteiger partial charge in [0.2, 0.25) is 0 Å². The third-order valence-corrected chi connectivity index (χ3v) is 5.85. The smallest absolute Gasteiger partial charge is 0.251 e. The van der Waals surface area contributed by atoms with Crippen LogP contribution in [0.2, 0.25) is 0 Å². The summed E-state index contributed by atoms with van der Waals surface area (Å²) >= 11 is 1.70. The first-order chi connectivity index (χ1) is 15.7. The van der Waals surface area contributed by atoms with Crippen LogP contribution in [0, 0.1) is 0 Å². The van der Waals surface area contributed by atoms with E-state index in [1.807, 2.05) is 62.7 Å². The average molecular weight is 454 g/mol. The second kappa shape index (κ2) is 11.5. The molecule has 0 saturated heterocycles. The molecule has 0 aromatic heterocycles. The number of nitrogens with zero attached hydrogens (tertiary/aromatic N) is 1. The van der Waals surface area contributed by atoms with Crippen LogP contribution in [0.15, 0.2) is 71.1 Å². The van der Waals surface area contributed by atoms with Crippen molar-refractivity contribution in [2.75, 3.05) is 38.0 Å². The number of methoxy groups -OCH3 is 1. The van der Waals surface area contributed by atoms with E-state index in [4.69, 9.17) is 9.47 Å². The van der Waals surface area contributed by atoms with E-state index in [0.29, 0.717) is 31.0 Å². The SMILES string of the molecule is CC.COC1=CC(N2CCOc3cc(C(=O)NCc4ccc(SC)cc4)ccc32)=CNC1. The van der Waals surface area contributed by atoms with Gasteiger partial charge in [-0.15, -0.1) is 11.8 Å². The maximum Gasteiger partial charge on any atom is 0.251 e. The predicted octanol–water partition coefficient (Wildman–Crippen LogP) is 4.54. The minimum absolute atomic E-state index is 0.118. The Morgan fingerprint density at radius 1 is 1.22 bits per heavy atom. The quantitative estimate of drug-likeness (QED) is 0.627. The molecule has 6 nitrogen and oxygen atoms in total. The van der Waals surface area contributed by atoms with E-state index < -0.39 is 0 Å². The first-order valence-electron chi connectivity index (χ1n) is 10.8. The van der Waals surface area contributed by atoms with Gasteiger partial charge in [0, 0.05) is 29.3 Å². The Morgan fingerprint density at radius 3 is 2.72 bits per heavy atom. The Balaban J connectivity index is 0.00000141. The molecule has 170 valence electrons. The number of hydrogen-bond donors (Lipinski definition) is 2. The van der Waals surface area contributed by atoms with Crippen LogP contribution in [0.1, 0.15) is 29.8 Å². The number of allylic oxidation sites excluding steroid dienone is 1. The minimum Gasteiger partial charge on any atom is -0.499 e. The molecule has 1 amide bonds. The van der Waals surface area contributed by atoms with Gasteiger partial charge in [-0.1, -0.05) is 26.0 Å². The molecule has 0 fully saturated rings. The van der Waals surface area contributed by atoms with Gasteiger partial charge in [0.25, 0.3) is 5.91 Å². The fourth-order valence-corrected chi connectivity index (χ4v) is 3.87. The van der Waals surface area contributed by atoms with Gasteiger partial charge in [0.1, 0.15) is 18.1 Å². The monoisotopic (exact) mass is 453 g/mol. The third kappa shape index (κ3) is 5.59. The summed E-state index contributed by atoms with van der Waals surface area (Å²) < 4.78 is 11.2. The number of anilines is 1. The lowest BCUT2D eigenvalue weighted by Crippen LogP contribution is -2.34. The number of amides is 1. The van der Waals surface area contributed by atoms with Crippen molar-refractivity contribution in [1.29, 1.82) is 0 Å². The van der Waals surface area contributed by atoms with E-state index in [9.17, 15) is 4.79 Å². The van der Waals surface area contributed by atoms with Crippen LogP contribution in [0.5, 0.6) is 5.75 Å². The molecule has 4 rings (SSSR count). The highest BCUT2D eigenvalue weighted by Gasteiger charge is 2.23. The summed E-state index contributed by atoms with van der Waals surface area (Å²) in [6.07, 6.45) is 6.04. The molecular weight excluding hydrogens is 422 g/mol. The highest BCUT2D eigenvalue weighted by Crippen LogP contribution is 2.35. The van der Waals surface area contributed by atoms with Crippen molar-refractivity contribution in [3.05, 3.63) is 77.3 Å². The zero-order chi connectivity index (χ0) is 22.9. The molecule has 0 atom stereocenters. The molecule has 2 aromatic carbocycles. The summed E-state index contributed by atoms with van der Waals surface area (Å²) in [4.78, 5) is 16.0. The first-order valence-corrected chi connectivity index (χ1v) is 12.0. The topological polar surface area (TPSA) is 62.8 Å². The maximum atomic E-state index is 12.7. The van der Waals surface area contributed by atoms with Crippen LogP contribution < -0.4 is 20.3 Å². The summed E-state index contributed by atoms with van der Waals surface area (Å²) in [6, 6.07) is 13.8. The normalized spacial score (nSPS) is 14.4. The Kier molecular flexibility index (Phi) is 8.50. The summed E-state index contributed by atoms with van der Waals surface area (Å²) in [5.74, 6) is 1.46. The zero-order valence-electron chi connectivity index (χ0n) is 19.1. The molecule has 2 N–H and O–H groups in total.